The van der Waals surface area contributed by atoms with Crippen molar-refractivity contribution in [3.05, 3.63) is 163 Å². The van der Waals surface area contributed by atoms with Crippen molar-refractivity contribution in [2.45, 2.75) is 6.17 Å². The van der Waals surface area contributed by atoms with Gasteiger partial charge in [-0.1, -0.05) is 127 Å². The van der Waals surface area contributed by atoms with E-state index in [1.807, 2.05) is 42.6 Å². The largest absolute Gasteiger partial charge is 0.454 e. The van der Waals surface area contributed by atoms with Crippen LogP contribution in [0.25, 0.3) is 66.1 Å². The summed E-state index contributed by atoms with van der Waals surface area (Å²) in [6.07, 6.45) is 3.26. The van der Waals surface area contributed by atoms with E-state index in [4.69, 9.17) is 14.4 Å². The molecule has 1 aliphatic carbocycles. The predicted molar refractivity (Wildman–Crippen MR) is 191 cm³/mol. The Kier molecular flexibility index (Phi) is 5.57. The first-order valence-electron chi connectivity index (χ1n) is 15.8. The van der Waals surface area contributed by atoms with E-state index in [2.05, 4.69) is 107 Å². The van der Waals surface area contributed by atoms with E-state index in [0.29, 0.717) is 5.84 Å². The van der Waals surface area contributed by atoms with E-state index in [1.54, 1.807) is 6.20 Å². The van der Waals surface area contributed by atoms with Crippen LogP contribution in [-0.4, -0.2) is 16.7 Å². The Morgan fingerprint density at radius 1 is 0.489 bits per heavy atom. The Morgan fingerprint density at radius 3 is 2.04 bits per heavy atom. The minimum Gasteiger partial charge on any atom is -0.454 e. The number of benzene rings is 6. The topological polar surface area (TPSA) is 62.8 Å². The third kappa shape index (κ3) is 4.00. The minimum absolute atomic E-state index is 0.345. The third-order valence-corrected chi connectivity index (χ3v) is 9.40. The van der Waals surface area contributed by atoms with Gasteiger partial charge >= 0.3 is 0 Å². The van der Waals surface area contributed by atoms with E-state index in [-0.39, 0.29) is 6.17 Å². The van der Waals surface area contributed by atoms with E-state index in [0.717, 1.165) is 44.5 Å². The van der Waals surface area contributed by atoms with Gasteiger partial charge in [0.25, 0.3) is 0 Å². The lowest BCUT2D eigenvalue weighted by Crippen LogP contribution is -2.33. The lowest BCUT2D eigenvalue weighted by atomic mass is 9.93. The van der Waals surface area contributed by atoms with Gasteiger partial charge in [0, 0.05) is 28.1 Å². The molecule has 0 fully saturated rings. The fraction of sp³-hybridized carbons (Fsp3) is 0.0238. The van der Waals surface area contributed by atoms with E-state index >= 15 is 0 Å². The molecule has 5 nitrogen and oxygen atoms in total. The highest BCUT2D eigenvalue weighted by Crippen LogP contribution is 2.49. The summed E-state index contributed by atoms with van der Waals surface area (Å²) in [5.41, 5.74) is 12.0. The second-order valence-corrected chi connectivity index (χ2v) is 12.0. The highest BCUT2D eigenvalue weighted by Gasteiger charge is 2.25. The van der Waals surface area contributed by atoms with Crippen molar-refractivity contribution in [3.63, 3.8) is 0 Å². The molecule has 2 aromatic heterocycles. The zero-order chi connectivity index (χ0) is 30.9. The monoisotopic (exact) mass is 602 g/mol. The molecule has 0 radical (unpaired) electrons. The Hall–Kier alpha value is -6.33. The Morgan fingerprint density at radius 2 is 1.19 bits per heavy atom. The quantitative estimate of drug-likeness (QED) is 0.218. The van der Waals surface area contributed by atoms with Crippen molar-refractivity contribution in [2.75, 3.05) is 0 Å². The Balaban J connectivity index is 1.08. The molecular formula is C42H26N4O. The number of amidine groups is 2. The molecule has 47 heavy (non-hydrogen) atoms. The molecule has 0 saturated carbocycles. The first-order chi connectivity index (χ1) is 23.3. The van der Waals surface area contributed by atoms with Gasteiger partial charge in [0.2, 0.25) is 0 Å². The maximum absolute atomic E-state index is 6.15. The first kappa shape index (κ1) is 25.9. The van der Waals surface area contributed by atoms with Gasteiger partial charge in [0.05, 0.1) is 6.20 Å². The zero-order valence-corrected chi connectivity index (χ0v) is 25.2. The van der Waals surface area contributed by atoms with Gasteiger partial charge in [0.15, 0.2) is 11.4 Å². The van der Waals surface area contributed by atoms with Crippen LogP contribution in [0.15, 0.2) is 160 Å². The summed E-state index contributed by atoms with van der Waals surface area (Å²) >= 11 is 0. The summed E-state index contributed by atoms with van der Waals surface area (Å²) in [7, 11) is 0. The van der Waals surface area contributed by atoms with Crippen LogP contribution in [-0.2, 0) is 0 Å². The van der Waals surface area contributed by atoms with Crippen LogP contribution in [0, 0.1) is 0 Å². The maximum atomic E-state index is 6.15. The van der Waals surface area contributed by atoms with Crippen LogP contribution < -0.4 is 5.32 Å². The van der Waals surface area contributed by atoms with Crippen molar-refractivity contribution in [2.24, 2.45) is 9.98 Å². The molecule has 6 aromatic carbocycles. The molecule has 1 N–H and O–H groups in total. The highest BCUT2D eigenvalue weighted by atomic mass is 16.3. The number of aromatic nitrogens is 1. The van der Waals surface area contributed by atoms with Crippen LogP contribution >= 0.6 is 0 Å². The molecule has 5 heteroatoms. The van der Waals surface area contributed by atoms with Crippen molar-refractivity contribution >= 4 is 44.4 Å². The van der Waals surface area contributed by atoms with Gasteiger partial charge in [-0.15, -0.1) is 0 Å². The summed E-state index contributed by atoms with van der Waals surface area (Å²) in [5, 5.41) is 8.19. The van der Waals surface area contributed by atoms with Gasteiger partial charge in [-0.05, 0) is 55.8 Å². The number of nitrogens with zero attached hydrogens (tertiary/aromatic N) is 3. The molecule has 8 aromatic rings. The number of pyridine rings is 1. The number of furan rings is 1. The minimum atomic E-state index is -0.345. The van der Waals surface area contributed by atoms with E-state index in [9.17, 15) is 0 Å². The second-order valence-electron chi connectivity index (χ2n) is 12.0. The number of rotatable bonds is 4. The number of aliphatic imine (C=N–C) groups is 2. The fourth-order valence-electron chi connectivity index (χ4n) is 7.23. The molecule has 0 spiro atoms. The maximum Gasteiger partial charge on any atom is 0.161 e. The third-order valence-electron chi connectivity index (χ3n) is 9.40. The summed E-state index contributed by atoms with van der Waals surface area (Å²) < 4.78 is 6.15. The van der Waals surface area contributed by atoms with Crippen LogP contribution in [0.2, 0.25) is 0 Å². The van der Waals surface area contributed by atoms with Gasteiger partial charge in [0.1, 0.15) is 17.6 Å². The Bertz CT molecular complexity index is 2570. The van der Waals surface area contributed by atoms with Gasteiger partial charge in [-0.3, -0.25) is 4.98 Å². The Labute approximate surface area is 270 Å². The zero-order valence-electron chi connectivity index (χ0n) is 25.2. The summed E-state index contributed by atoms with van der Waals surface area (Å²) in [6, 6.07) is 46.9. The van der Waals surface area contributed by atoms with Crippen LogP contribution in [0.1, 0.15) is 22.9 Å². The van der Waals surface area contributed by atoms with Gasteiger partial charge < -0.3 is 9.73 Å². The normalized spacial score (nSPS) is 15.0. The van der Waals surface area contributed by atoms with Crippen molar-refractivity contribution < 1.29 is 4.42 Å². The van der Waals surface area contributed by atoms with Crippen LogP contribution in [0.3, 0.4) is 0 Å². The molecule has 1 atom stereocenters. The number of para-hydroxylation sites is 1. The van der Waals surface area contributed by atoms with Crippen molar-refractivity contribution in [1.29, 1.82) is 0 Å². The summed E-state index contributed by atoms with van der Waals surface area (Å²) in [4.78, 5) is 14.7. The highest BCUT2D eigenvalue weighted by molar-refractivity contribution is 6.22. The molecular weight excluding hydrogens is 576 g/mol. The number of nitrogens with one attached hydrogen (secondary N) is 1. The lowest BCUT2D eigenvalue weighted by Gasteiger charge is -2.24. The van der Waals surface area contributed by atoms with E-state index in [1.165, 1.54) is 44.2 Å². The predicted octanol–water partition coefficient (Wildman–Crippen LogP) is 9.94. The van der Waals surface area contributed by atoms with Crippen molar-refractivity contribution in [1.82, 2.24) is 10.3 Å². The molecule has 1 unspecified atom stereocenters. The average molecular weight is 603 g/mol. The number of hydrogen-bond acceptors (Lipinski definition) is 5. The van der Waals surface area contributed by atoms with Gasteiger partial charge in [-0.2, -0.15) is 0 Å². The lowest BCUT2D eigenvalue weighted by molar-refractivity contribution is 0.666. The fourth-order valence-corrected chi connectivity index (χ4v) is 7.23. The molecule has 3 heterocycles. The molecule has 0 saturated heterocycles. The average Bonchev–Trinajstić information content (AvgIpc) is 3.69. The molecule has 0 amide bonds. The second kappa shape index (κ2) is 10.1. The smallest absolute Gasteiger partial charge is 0.161 e. The van der Waals surface area contributed by atoms with E-state index < -0.39 is 0 Å². The van der Waals surface area contributed by atoms with Crippen LogP contribution in [0.4, 0.5) is 0 Å². The molecule has 220 valence electrons. The molecule has 10 rings (SSSR count). The molecule has 2 aliphatic rings. The first-order valence-corrected chi connectivity index (χ1v) is 15.8. The standard InChI is InChI=1S/C42H26N4O/c1-2-9-26(10-3-1)40-44-41(46-42(45-40)35-23-43-24-37-39(35)34-13-6-7-16-36(34)47-37)27-19-17-25(18-20-27)28-21-22-33-30-12-5-4-11-29(30)32-15-8-14-31(28)38(32)33/h1-24,41H,(H,44,45,46). The SMILES string of the molecule is c1ccc(C2=NC(c3cncc4oc5ccccc5c34)=NC(c3ccc(-c4ccc5c6c(cccc46)-c4ccccc4-5)cc3)N2)cc1. The molecule has 1 aliphatic heterocycles. The number of hydrogen-bond donors (Lipinski definition) is 1. The molecule has 0 bridgehead atoms. The number of fused-ring (bicyclic) bond motifs is 6. The van der Waals surface area contributed by atoms with Gasteiger partial charge in [-0.25, -0.2) is 9.98 Å². The summed E-state index contributed by atoms with van der Waals surface area (Å²) in [5.74, 6) is 1.38. The van der Waals surface area contributed by atoms with Crippen molar-refractivity contribution in [3.8, 4) is 33.4 Å². The van der Waals surface area contributed by atoms with Crippen LogP contribution in [0.5, 0.6) is 0 Å². The summed E-state index contributed by atoms with van der Waals surface area (Å²) in [6.45, 7) is 0.